The van der Waals surface area contributed by atoms with Crippen LogP contribution in [0.2, 0.25) is 0 Å². The number of likely N-dealkylation sites (tertiary alicyclic amines) is 1. The lowest BCUT2D eigenvalue weighted by molar-refractivity contribution is -0.134. The molecule has 0 radical (unpaired) electrons. The normalized spacial score (nSPS) is 22.8. The highest BCUT2D eigenvalue weighted by molar-refractivity contribution is 5.86. The molecule has 21 heavy (non-hydrogen) atoms. The lowest BCUT2D eigenvalue weighted by atomic mass is 10.0. The van der Waals surface area contributed by atoms with Gasteiger partial charge < -0.3 is 4.74 Å². The Bertz CT molecular complexity index is 517. The quantitative estimate of drug-likeness (QED) is 0.613. The summed E-state index contributed by atoms with van der Waals surface area (Å²) in [7, 11) is 1.39. The Morgan fingerprint density at radius 3 is 2.71 bits per heavy atom. The third-order valence-electron chi connectivity index (χ3n) is 4.49. The summed E-state index contributed by atoms with van der Waals surface area (Å²) in [6, 6.07) is 9.16. The molecule has 1 saturated carbocycles. The maximum atomic E-state index is 11.1. The Balaban J connectivity index is 1.65. The lowest BCUT2D eigenvalue weighted by Gasteiger charge is -2.24. The molecule has 0 aromatic heterocycles. The Hall–Kier alpha value is -1.61. The molecule has 1 aromatic rings. The van der Waals surface area contributed by atoms with Gasteiger partial charge in [0.25, 0.3) is 0 Å². The van der Waals surface area contributed by atoms with E-state index in [0.29, 0.717) is 6.04 Å². The second kappa shape index (κ2) is 6.44. The highest BCUT2D eigenvalue weighted by Gasteiger charge is 2.31. The SMILES string of the molecule is COC(=O)C=Cc1ccc(C2CCCN2CC2CC2)cc1. The number of methoxy groups -OCH3 is 1. The molecule has 1 unspecified atom stereocenters. The molecule has 1 heterocycles. The van der Waals surface area contributed by atoms with Crippen molar-refractivity contribution >= 4 is 12.0 Å². The van der Waals surface area contributed by atoms with Crippen LogP contribution in [-0.2, 0) is 9.53 Å². The van der Waals surface area contributed by atoms with Crippen LogP contribution < -0.4 is 0 Å². The van der Waals surface area contributed by atoms with Crippen LogP contribution in [0.5, 0.6) is 0 Å². The molecule has 1 atom stereocenters. The van der Waals surface area contributed by atoms with Gasteiger partial charge in [0.15, 0.2) is 0 Å². The molecule has 1 aromatic carbocycles. The first-order valence-corrected chi connectivity index (χ1v) is 7.86. The Kier molecular flexibility index (Phi) is 4.39. The number of hydrogen-bond donors (Lipinski definition) is 0. The van der Waals surface area contributed by atoms with E-state index < -0.39 is 0 Å². The summed E-state index contributed by atoms with van der Waals surface area (Å²) in [5.74, 6) is 0.637. The molecule has 1 aliphatic heterocycles. The summed E-state index contributed by atoms with van der Waals surface area (Å²) in [5.41, 5.74) is 2.44. The van der Waals surface area contributed by atoms with Crippen LogP contribution in [-0.4, -0.2) is 31.1 Å². The van der Waals surface area contributed by atoms with Gasteiger partial charge in [0, 0.05) is 18.7 Å². The number of benzene rings is 1. The lowest BCUT2D eigenvalue weighted by Crippen LogP contribution is -2.25. The van der Waals surface area contributed by atoms with Crippen LogP contribution >= 0.6 is 0 Å². The number of esters is 1. The molecular formula is C18H23NO2. The second-order valence-electron chi connectivity index (χ2n) is 6.12. The number of hydrogen-bond acceptors (Lipinski definition) is 3. The third-order valence-corrected chi connectivity index (χ3v) is 4.49. The van der Waals surface area contributed by atoms with Gasteiger partial charge in [-0.25, -0.2) is 4.79 Å². The van der Waals surface area contributed by atoms with Crippen molar-refractivity contribution in [2.75, 3.05) is 20.2 Å². The predicted octanol–water partition coefficient (Wildman–Crippen LogP) is 3.42. The monoisotopic (exact) mass is 285 g/mol. The minimum atomic E-state index is -0.314. The number of carbonyl (C=O) groups excluding carboxylic acids is 1. The van der Waals surface area contributed by atoms with Crippen molar-refractivity contribution in [3.63, 3.8) is 0 Å². The van der Waals surface area contributed by atoms with Crippen LogP contribution in [0.4, 0.5) is 0 Å². The molecule has 0 amide bonds. The molecule has 112 valence electrons. The summed E-state index contributed by atoms with van der Waals surface area (Å²) in [4.78, 5) is 13.7. The van der Waals surface area contributed by atoms with Gasteiger partial charge in [-0.3, -0.25) is 4.90 Å². The molecule has 3 heteroatoms. The summed E-state index contributed by atoms with van der Waals surface area (Å²) < 4.78 is 4.60. The van der Waals surface area contributed by atoms with Crippen LogP contribution in [0, 0.1) is 5.92 Å². The zero-order valence-electron chi connectivity index (χ0n) is 12.6. The first-order valence-electron chi connectivity index (χ1n) is 7.86. The molecule has 1 aliphatic carbocycles. The maximum Gasteiger partial charge on any atom is 0.330 e. The van der Waals surface area contributed by atoms with Crippen molar-refractivity contribution in [2.45, 2.75) is 31.7 Å². The van der Waals surface area contributed by atoms with Gasteiger partial charge in [0.05, 0.1) is 7.11 Å². The minimum Gasteiger partial charge on any atom is -0.466 e. The van der Waals surface area contributed by atoms with Gasteiger partial charge in [0.1, 0.15) is 0 Å². The summed E-state index contributed by atoms with van der Waals surface area (Å²) in [5, 5.41) is 0. The van der Waals surface area contributed by atoms with E-state index in [-0.39, 0.29) is 5.97 Å². The molecular weight excluding hydrogens is 262 g/mol. The van der Waals surface area contributed by atoms with E-state index in [1.165, 1.54) is 57.5 Å². The highest BCUT2D eigenvalue weighted by Crippen LogP contribution is 2.37. The van der Waals surface area contributed by atoms with Crippen molar-refractivity contribution in [3.8, 4) is 0 Å². The molecule has 0 N–H and O–H groups in total. The number of nitrogens with zero attached hydrogens (tertiary/aromatic N) is 1. The maximum absolute atomic E-state index is 11.1. The van der Waals surface area contributed by atoms with E-state index in [0.717, 1.165) is 11.5 Å². The molecule has 0 bridgehead atoms. The van der Waals surface area contributed by atoms with E-state index >= 15 is 0 Å². The van der Waals surface area contributed by atoms with Crippen LogP contribution in [0.15, 0.2) is 30.3 Å². The first kappa shape index (κ1) is 14.3. The second-order valence-corrected chi connectivity index (χ2v) is 6.12. The highest BCUT2D eigenvalue weighted by atomic mass is 16.5. The molecule has 1 saturated heterocycles. The number of ether oxygens (including phenoxy) is 1. The van der Waals surface area contributed by atoms with Gasteiger partial charge in [-0.05, 0) is 55.3 Å². The van der Waals surface area contributed by atoms with Gasteiger partial charge in [-0.2, -0.15) is 0 Å². The van der Waals surface area contributed by atoms with E-state index in [2.05, 4.69) is 33.9 Å². The fourth-order valence-corrected chi connectivity index (χ4v) is 3.12. The summed E-state index contributed by atoms with van der Waals surface area (Å²) >= 11 is 0. The predicted molar refractivity (Wildman–Crippen MR) is 83.8 cm³/mol. The van der Waals surface area contributed by atoms with E-state index in [9.17, 15) is 4.79 Å². The molecule has 3 rings (SSSR count). The summed E-state index contributed by atoms with van der Waals surface area (Å²) in [6.07, 6.45) is 8.67. The van der Waals surface area contributed by atoms with E-state index in [4.69, 9.17) is 0 Å². The molecule has 2 aliphatic rings. The van der Waals surface area contributed by atoms with Crippen molar-refractivity contribution < 1.29 is 9.53 Å². The van der Waals surface area contributed by atoms with E-state index in [1.54, 1.807) is 6.08 Å². The Morgan fingerprint density at radius 2 is 2.05 bits per heavy atom. The number of carbonyl (C=O) groups is 1. The number of rotatable bonds is 5. The van der Waals surface area contributed by atoms with Gasteiger partial charge >= 0.3 is 5.97 Å². The molecule has 3 nitrogen and oxygen atoms in total. The average molecular weight is 285 g/mol. The Labute approximate surface area is 126 Å². The third kappa shape index (κ3) is 3.73. The van der Waals surface area contributed by atoms with Gasteiger partial charge in [-0.15, -0.1) is 0 Å². The van der Waals surface area contributed by atoms with Crippen molar-refractivity contribution in [1.82, 2.24) is 4.90 Å². The van der Waals surface area contributed by atoms with Crippen LogP contribution in [0.1, 0.15) is 42.9 Å². The topological polar surface area (TPSA) is 29.5 Å². The molecule has 2 fully saturated rings. The molecule has 0 spiro atoms. The average Bonchev–Trinajstić information content (AvgIpc) is 3.21. The minimum absolute atomic E-state index is 0.314. The fourth-order valence-electron chi connectivity index (χ4n) is 3.12. The smallest absolute Gasteiger partial charge is 0.330 e. The zero-order chi connectivity index (χ0) is 14.7. The first-order chi connectivity index (χ1) is 10.3. The van der Waals surface area contributed by atoms with Crippen LogP contribution in [0.25, 0.3) is 6.08 Å². The van der Waals surface area contributed by atoms with Gasteiger partial charge in [0.2, 0.25) is 0 Å². The summed E-state index contributed by atoms with van der Waals surface area (Å²) in [6.45, 7) is 2.51. The van der Waals surface area contributed by atoms with Crippen LogP contribution in [0.3, 0.4) is 0 Å². The Morgan fingerprint density at radius 1 is 1.29 bits per heavy atom. The van der Waals surface area contributed by atoms with Crippen molar-refractivity contribution in [2.24, 2.45) is 5.92 Å². The van der Waals surface area contributed by atoms with E-state index in [1.807, 2.05) is 0 Å². The van der Waals surface area contributed by atoms with Crippen molar-refractivity contribution in [1.29, 1.82) is 0 Å². The zero-order valence-corrected chi connectivity index (χ0v) is 12.6. The standard InChI is InChI=1S/C18H23NO2/c1-21-18(20)11-8-14-6-9-16(10-7-14)17-3-2-12-19(17)13-15-4-5-15/h6-11,15,17H,2-5,12-13H2,1H3. The largest absolute Gasteiger partial charge is 0.466 e. The fraction of sp³-hybridized carbons (Fsp3) is 0.500. The van der Waals surface area contributed by atoms with Crippen molar-refractivity contribution in [3.05, 3.63) is 41.5 Å². The van der Waals surface area contributed by atoms with Gasteiger partial charge in [-0.1, -0.05) is 24.3 Å².